The molecule has 0 spiro atoms. The number of halogens is 2. The zero-order valence-electron chi connectivity index (χ0n) is 14.7. The Morgan fingerprint density at radius 2 is 1.93 bits per heavy atom. The van der Waals surface area contributed by atoms with E-state index < -0.39 is 0 Å². The number of amides is 1. The third kappa shape index (κ3) is 5.22. The van der Waals surface area contributed by atoms with Crippen LogP contribution in [-0.4, -0.2) is 22.4 Å². The van der Waals surface area contributed by atoms with E-state index in [1.54, 1.807) is 12.1 Å². The Morgan fingerprint density at radius 1 is 1.19 bits per heavy atom. The summed E-state index contributed by atoms with van der Waals surface area (Å²) in [6, 6.07) is 15.2. The third-order valence-electron chi connectivity index (χ3n) is 3.83. The lowest BCUT2D eigenvalue weighted by Gasteiger charge is -2.09. The van der Waals surface area contributed by atoms with Gasteiger partial charge < -0.3 is 0 Å². The number of benzene rings is 2. The first-order chi connectivity index (χ1) is 12.9. The molecule has 138 valence electrons. The van der Waals surface area contributed by atoms with E-state index in [-0.39, 0.29) is 11.2 Å². The molecule has 27 heavy (non-hydrogen) atoms. The van der Waals surface area contributed by atoms with Gasteiger partial charge in [0.2, 0.25) is 0 Å². The van der Waals surface area contributed by atoms with Crippen molar-refractivity contribution >= 4 is 58.0 Å². The van der Waals surface area contributed by atoms with Crippen molar-refractivity contribution in [3.05, 3.63) is 69.8 Å². The van der Waals surface area contributed by atoms with E-state index in [0.717, 1.165) is 21.4 Å². The van der Waals surface area contributed by atoms with Crippen molar-refractivity contribution < 1.29 is 4.79 Å². The van der Waals surface area contributed by atoms with E-state index in [2.05, 4.69) is 15.5 Å². The Hall–Kier alpha value is -2.08. The van der Waals surface area contributed by atoms with E-state index in [1.165, 1.54) is 18.0 Å². The molecule has 0 fully saturated rings. The standard InChI is InChI=1S/C20H17Cl2N3OS/c1-12-3-4-14-10-15(19(22)24-18(14)9-12)11-23-25-20(26)13(2)27-17-7-5-16(21)6-8-17/h3-11,13H,1-2H3,(H,25,26)/b23-11-/t13-/m0/s1. The normalized spacial score (nSPS) is 12.4. The molecule has 3 aromatic rings. The first kappa shape index (κ1) is 19.7. The SMILES string of the molecule is Cc1ccc2cc(/C=N\NC(=O)[C@H](C)Sc3ccc(Cl)cc3)c(Cl)nc2c1. The van der Waals surface area contributed by atoms with Crippen molar-refractivity contribution in [2.24, 2.45) is 5.10 Å². The number of carbonyl (C=O) groups excluding carboxylic acids is 1. The van der Waals surface area contributed by atoms with E-state index >= 15 is 0 Å². The largest absolute Gasteiger partial charge is 0.272 e. The Balaban J connectivity index is 1.64. The van der Waals surface area contributed by atoms with Gasteiger partial charge in [0.1, 0.15) is 5.15 Å². The molecule has 2 aromatic carbocycles. The summed E-state index contributed by atoms with van der Waals surface area (Å²) in [5.74, 6) is -0.202. The number of nitrogens with one attached hydrogen (secondary N) is 1. The highest BCUT2D eigenvalue weighted by atomic mass is 35.5. The van der Waals surface area contributed by atoms with Crippen LogP contribution in [-0.2, 0) is 4.79 Å². The molecule has 0 saturated carbocycles. The molecule has 0 bridgehead atoms. The van der Waals surface area contributed by atoms with Gasteiger partial charge in [-0.2, -0.15) is 5.10 Å². The van der Waals surface area contributed by atoms with Crippen LogP contribution in [0.5, 0.6) is 0 Å². The van der Waals surface area contributed by atoms with Gasteiger partial charge in [0, 0.05) is 20.9 Å². The Morgan fingerprint density at radius 3 is 2.67 bits per heavy atom. The van der Waals surface area contributed by atoms with E-state index in [4.69, 9.17) is 23.2 Å². The smallest absolute Gasteiger partial charge is 0.253 e. The van der Waals surface area contributed by atoms with Gasteiger partial charge in [-0.25, -0.2) is 10.4 Å². The van der Waals surface area contributed by atoms with Crippen molar-refractivity contribution in [3.63, 3.8) is 0 Å². The molecule has 0 aliphatic heterocycles. The summed E-state index contributed by atoms with van der Waals surface area (Å²) >= 11 is 13.5. The summed E-state index contributed by atoms with van der Waals surface area (Å²) in [5, 5.41) is 5.68. The highest BCUT2D eigenvalue weighted by Crippen LogP contribution is 2.25. The van der Waals surface area contributed by atoms with Crippen LogP contribution in [0.1, 0.15) is 18.1 Å². The molecule has 0 aliphatic carbocycles. The van der Waals surface area contributed by atoms with Crippen LogP contribution in [0, 0.1) is 6.92 Å². The lowest BCUT2D eigenvalue weighted by molar-refractivity contribution is -0.120. The molecule has 3 rings (SSSR count). The number of nitrogens with zero attached hydrogens (tertiary/aromatic N) is 2. The number of hydrazone groups is 1. The number of hydrogen-bond acceptors (Lipinski definition) is 4. The van der Waals surface area contributed by atoms with Gasteiger partial charge in [-0.05, 0) is 55.8 Å². The van der Waals surface area contributed by atoms with Crippen LogP contribution in [0.3, 0.4) is 0 Å². The molecule has 1 N–H and O–H groups in total. The molecule has 0 aliphatic rings. The Labute approximate surface area is 172 Å². The zero-order valence-corrected chi connectivity index (χ0v) is 17.1. The van der Waals surface area contributed by atoms with Crippen LogP contribution in [0.25, 0.3) is 10.9 Å². The minimum atomic E-state index is -0.309. The van der Waals surface area contributed by atoms with Crippen LogP contribution in [0.4, 0.5) is 0 Å². The van der Waals surface area contributed by atoms with Crippen LogP contribution in [0.2, 0.25) is 10.2 Å². The summed E-state index contributed by atoms with van der Waals surface area (Å²) in [4.78, 5) is 17.6. The number of rotatable bonds is 5. The highest BCUT2D eigenvalue weighted by molar-refractivity contribution is 8.00. The monoisotopic (exact) mass is 417 g/mol. The zero-order chi connectivity index (χ0) is 19.4. The molecule has 0 saturated heterocycles. The van der Waals surface area contributed by atoms with Gasteiger partial charge in [-0.1, -0.05) is 35.3 Å². The molecule has 1 heterocycles. The summed E-state index contributed by atoms with van der Waals surface area (Å²) < 4.78 is 0. The fourth-order valence-corrected chi connectivity index (χ4v) is 3.57. The first-order valence-corrected chi connectivity index (χ1v) is 9.88. The van der Waals surface area contributed by atoms with Crippen molar-refractivity contribution in [2.75, 3.05) is 0 Å². The topological polar surface area (TPSA) is 54.4 Å². The number of aromatic nitrogens is 1. The number of hydrogen-bond donors (Lipinski definition) is 1. The number of pyridine rings is 1. The average Bonchev–Trinajstić information content (AvgIpc) is 2.64. The number of thioether (sulfide) groups is 1. The fourth-order valence-electron chi connectivity index (χ4n) is 2.39. The number of carbonyl (C=O) groups is 1. The molecule has 1 atom stereocenters. The predicted molar refractivity (Wildman–Crippen MR) is 114 cm³/mol. The lowest BCUT2D eigenvalue weighted by Crippen LogP contribution is -2.26. The maximum Gasteiger partial charge on any atom is 0.253 e. The van der Waals surface area contributed by atoms with Crippen LogP contribution in [0.15, 0.2) is 58.5 Å². The minimum absolute atomic E-state index is 0.202. The number of aryl methyl sites for hydroxylation is 1. The maximum atomic E-state index is 12.2. The average molecular weight is 418 g/mol. The summed E-state index contributed by atoms with van der Waals surface area (Å²) in [6.45, 7) is 3.82. The van der Waals surface area contributed by atoms with Gasteiger partial charge in [0.15, 0.2) is 0 Å². The van der Waals surface area contributed by atoms with Gasteiger partial charge >= 0.3 is 0 Å². The van der Waals surface area contributed by atoms with Gasteiger partial charge in [0.25, 0.3) is 5.91 Å². The van der Waals surface area contributed by atoms with Crippen LogP contribution < -0.4 is 5.43 Å². The van der Waals surface area contributed by atoms with E-state index in [1.807, 2.05) is 50.2 Å². The fraction of sp³-hybridized carbons (Fsp3) is 0.150. The Bertz CT molecular complexity index is 1010. The van der Waals surface area contributed by atoms with Crippen molar-refractivity contribution in [1.82, 2.24) is 10.4 Å². The summed E-state index contributed by atoms with van der Waals surface area (Å²) in [6.07, 6.45) is 1.51. The highest BCUT2D eigenvalue weighted by Gasteiger charge is 2.13. The quantitative estimate of drug-likeness (QED) is 0.258. The Kier molecular flexibility index (Phi) is 6.37. The molecule has 7 heteroatoms. The molecule has 4 nitrogen and oxygen atoms in total. The van der Waals surface area contributed by atoms with Crippen molar-refractivity contribution in [2.45, 2.75) is 24.0 Å². The van der Waals surface area contributed by atoms with Gasteiger partial charge in [0.05, 0.1) is 17.0 Å². The van der Waals surface area contributed by atoms with Gasteiger partial charge in [-0.3, -0.25) is 4.79 Å². The lowest BCUT2D eigenvalue weighted by atomic mass is 10.1. The second kappa shape index (κ2) is 8.74. The molecule has 0 radical (unpaired) electrons. The van der Waals surface area contributed by atoms with E-state index in [9.17, 15) is 4.79 Å². The molecular weight excluding hydrogens is 401 g/mol. The molecule has 1 amide bonds. The third-order valence-corrected chi connectivity index (χ3v) is 5.49. The van der Waals surface area contributed by atoms with E-state index in [0.29, 0.717) is 15.7 Å². The second-order valence-electron chi connectivity index (χ2n) is 6.01. The minimum Gasteiger partial charge on any atom is -0.272 e. The second-order valence-corrected chi connectivity index (χ2v) is 8.22. The predicted octanol–water partition coefficient (Wildman–Crippen LogP) is 5.48. The van der Waals surface area contributed by atoms with Gasteiger partial charge in [-0.15, -0.1) is 11.8 Å². The van der Waals surface area contributed by atoms with Crippen molar-refractivity contribution in [3.8, 4) is 0 Å². The molecule has 0 unspecified atom stereocenters. The molecular formula is C20H17Cl2N3OS. The first-order valence-electron chi connectivity index (χ1n) is 8.24. The van der Waals surface area contributed by atoms with Crippen molar-refractivity contribution in [1.29, 1.82) is 0 Å². The summed E-state index contributed by atoms with van der Waals surface area (Å²) in [7, 11) is 0. The number of fused-ring (bicyclic) bond motifs is 1. The molecule has 1 aromatic heterocycles. The maximum absolute atomic E-state index is 12.2. The van der Waals surface area contributed by atoms with Crippen LogP contribution >= 0.6 is 35.0 Å². The summed E-state index contributed by atoms with van der Waals surface area (Å²) in [5.41, 5.74) is 5.13.